The standard InChI is InChI=1S/C21H31N4O3.V/c1-16(2)20-14-24-25(15-20)17(3)18-4-6-19(7-5-18)21(26)23-9-11-28-13-12-27-10-8-22;/h4-7,14-17,22H,8-13H2,1-3H3,(H,23,26);/q-1;. The zero-order valence-electron chi connectivity index (χ0n) is 17.4. The summed E-state index contributed by atoms with van der Waals surface area (Å²) >= 11 is 0. The van der Waals surface area contributed by atoms with E-state index in [9.17, 15) is 4.79 Å². The average molecular weight is 438 g/mol. The Kier molecular flexibility index (Phi) is 11.9. The molecule has 1 heterocycles. The molecule has 0 fully saturated rings. The van der Waals surface area contributed by atoms with Crippen LogP contribution in [0.1, 0.15) is 54.2 Å². The Labute approximate surface area is 185 Å². The molecule has 1 aromatic carbocycles. The summed E-state index contributed by atoms with van der Waals surface area (Å²) in [5.41, 5.74) is 9.90. The van der Waals surface area contributed by atoms with Crippen molar-refractivity contribution < 1.29 is 32.8 Å². The van der Waals surface area contributed by atoms with Gasteiger partial charge in [0, 0.05) is 43.5 Å². The molecule has 0 saturated carbocycles. The van der Waals surface area contributed by atoms with E-state index in [0.717, 1.165) is 5.56 Å². The van der Waals surface area contributed by atoms with Gasteiger partial charge in [-0.2, -0.15) is 5.10 Å². The number of carbonyl (C=O) groups excluding carboxylic acids is 1. The second kappa shape index (κ2) is 13.6. The van der Waals surface area contributed by atoms with Crippen LogP contribution < -0.4 is 5.32 Å². The Hall–Kier alpha value is -1.64. The maximum absolute atomic E-state index is 12.2. The van der Waals surface area contributed by atoms with Gasteiger partial charge in [-0.1, -0.05) is 26.0 Å². The minimum Gasteiger partial charge on any atom is -0.676 e. The van der Waals surface area contributed by atoms with E-state index in [-0.39, 0.29) is 37.0 Å². The summed E-state index contributed by atoms with van der Waals surface area (Å²) < 4.78 is 12.5. The number of rotatable bonds is 12. The van der Waals surface area contributed by atoms with Gasteiger partial charge in [-0.3, -0.25) is 9.48 Å². The predicted octanol–water partition coefficient (Wildman–Crippen LogP) is 3.43. The zero-order valence-corrected chi connectivity index (χ0v) is 18.8. The smallest absolute Gasteiger partial charge is 0.251 e. The normalized spacial score (nSPS) is 11.9. The van der Waals surface area contributed by atoms with Gasteiger partial charge in [-0.25, -0.2) is 0 Å². The minimum atomic E-state index is -0.116. The maximum atomic E-state index is 12.2. The molecule has 1 amide bonds. The van der Waals surface area contributed by atoms with Crippen LogP contribution in [0, 0.1) is 0 Å². The molecule has 2 rings (SSSR count). The first-order valence-electron chi connectivity index (χ1n) is 9.75. The van der Waals surface area contributed by atoms with E-state index in [1.165, 1.54) is 5.56 Å². The number of amides is 1. The van der Waals surface area contributed by atoms with Gasteiger partial charge in [0.25, 0.3) is 5.91 Å². The molecular formula is C21H31N4O3V-. The summed E-state index contributed by atoms with van der Waals surface area (Å²) in [6, 6.07) is 7.72. The van der Waals surface area contributed by atoms with Crippen molar-refractivity contribution >= 4 is 5.91 Å². The molecule has 2 aromatic rings. The second-order valence-electron chi connectivity index (χ2n) is 6.94. The first kappa shape index (κ1) is 25.4. The van der Waals surface area contributed by atoms with Crippen molar-refractivity contribution in [2.24, 2.45) is 0 Å². The quantitative estimate of drug-likeness (QED) is 0.514. The number of benzene rings is 1. The molecule has 1 atom stereocenters. The van der Waals surface area contributed by atoms with Crippen LogP contribution in [0.3, 0.4) is 0 Å². The van der Waals surface area contributed by atoms with Crippen molar-refractivity contribution in [2.75, 3.05) is 39.5 Å². The third-order valence-corrected chi connectivity index (χ3v) is 4.49. The fourth-order valence-electron chi connectivity index (χ4n) is 2.66. The Balaban J connectivity index is 0.00000420. The molecule has 0 aliphatic heterocycles. The van der Waals surface area contributed by atoms with Crippen LogP contribution in [-0.2, 0) is 28.0 Å². The molecule has 7 nitrogen and oxygen atoms in total. The third kappa shape index (κ3) is 8.32. The molecule has 0 spiro atoms. The monoisotopic (exact) mass is 438 g/mol. The first-order chi connectivity index (χ1) is 13.5. The Morgan fingerprint density at radius 1 is 1.07 bits per heavy atom. The molecular weight excluding hydrogens is 407 g/mol. The molecule has 0 bridgehead atoms. The SMILES string of the molecule is CC(C)c1cnn(C(C)c2ccc(C(=O)NCCOCCOCC[NH-])cc2)c1.[V]. The molecule has 159 valence electrons. The first-order valence-corrected chi connectivity index (χ1v) is 9.75. The van der Waals surface area contributed by atoms with Crippen molar-refractivity contribution in [1.29, 1.82) is 0 Å². The van der Waals surface area contributed by atoms with Gasteiger partial charge in [0.1, 0.15) is 0 Å². The Bertz CT molecular complexity index is 719. The van der Waals surface area contributed by atoms with E-state index in [1.54, 1.807) is 0 Å². The van der Waals surface area contributed by atoms with Crippen LogP contribution in [0.25, 0.3) is 5.73 Å². The fraction of sp³-hybridized carbons (Fsp3) is 0.524. The molecule has 29 heavy (non-hydrogen) atoms. The molecule has 1 unspecified atom stereocenters. The average Bonchev–Trinajstić information content (AvgIpc) is 3.20. The van der Waals surface area contributed by atoms with Crippen LogP contribution in [0.15, 0.2) is 36.7 Å². The number of nitrogens with zero attached hydrogens (tertiary/aromatic N) is 2. The molecule has 0 saturated heterocycles. The van der Waals surface area contributed by atoms with E-state index in [4.69, 9.17) is 15.2 Å². The van der Waals surface area contributed by atoms with Gasteiger partial charge in [-0.15, -0.1) is 6.54 Å². The summed E-state index contributed by atoms with van der Waals surface area (Å²) in [6.45, 7) is 8.90. The summed E-state index contributed by atoms with van der Waals surface area (Å²) in [7, 11) is 0. The van der Waals surface area contributed by atoms with E-state index >= 15 is 0 Å². The number of hydrogen-bond acceptors (Lipinski definition) is 4. The van der Waals surface area contributed by atoms with Crippen LogP contribution in [0.2, 0.25) is 0 Å². The van der Waals surface area contributed by atoms with Gasteiger partial charge in [-0.05, 0) is 36.1 Å². The largest absolute Gasteiger partial charge is 0.676 e. The number of aromatic nitrogens is 2. The van der Waals surface area contributed by atoms with Crippen molar-refractivity contribution in [3.8, 4) is 0 Å². The molecule has 1 aromatic heterocycles. The van der Waals surface area contributed by atoms with Gasteiger partial charge in [0.05, 0.1) is 32.1 Å². The maximum Gasteiger partial charge on any atom is 0.251 e. The van der Waals surface area contributed by atoms with Crippen LogP contribution in [-0.4, -0.2) is 55.2 Å². The van der Waals surface area contributed by atoms with E-state index < -0.39 is 0 Å². The minimum absolute atomic E-state index is 0. The number of carbonyl (C=O) groups is 1. The topological polar surface area (TPSA) is 89.2 Å². The van der Waals surface area contributed by atoms with Crippen molar-refractivity contribution in [3.63, 3.8) is 0 Å². The van der Waals surface area contributed by atoms with Crippen molar-refractivity contribution in [1.82, 2.24) is 15.1 Å². The van der Waals surface area contributed by atoms with E-state index in [2.05, 4.69) is 37.4 Å². The fourth-order valence-corrected chi connectivity index (χ4v) is 2.66. The third-order valence-electron chi connectivity index (χ3n) is 4.49. The number of hydrogen-bond donors (Lipinski definition) is 1. The Morgan fingerprint density at radius 3 is 2.31 bits per heavy atom. The summed E-state index contributed by atoms with van der Waals surface area (Å²) in [6.07, 6.45) is 3.99. The van der Waals surface area contributed by atoms with Crippen LogP contribution >= 0.6 is 0 Å². The summed E-state index contributed by atoms with van der Waals surface area (Å²) in [5, 5.41) is 7.30. The molecule has 8 heteroatoms. The van der Waals surface area contributed by atoms with Gasteiger partial charge in [0.15, 0.2) is 0 Å². The van der Waals surface area contributed by atoms with Crippen molar-refractivity contribution in [2.45, 2.75) is 32.7 Å². The molecule has 2 N–H and O–H groups in total. The van der Waals surface area contributed by atoms with E-state index in [1.807, 2.05) is 35.1 Å². The van der Waals surface area contributed by atoms with Crippen LogP contribution in [0.4, 0.5) is 0 Å². The predicted molar refractivity (Wildman–Crippen MR) is 110 cm³/mol. The van der Waals surface area contributed by atoms with Gasteiger partial charge < -0.3 is 20.5 Å². The molecule has 0 aliphatic rings. The Morgan fingerprint density at radius 2 is 1.72 bits per heavy atom. The second-order valence-corrected chi connectivity index (χ2v) is 6.94. The van der Waals surface area contributed by atoms with Crippen molar-refractivity contribution in [3.05, 3.63) is 59.1 Å². The van der Waals surface area contributed by atoms with Gasteiger partial charge in [0.2, 0.25) is 0 Å². The van der Waals surface area contributed by atoms with E-state index in [0.29, 0.717) is 44.5 Å². The molecule has 1 radical (unpaired) electrons. The zero-order chi connectivity index (χ0) is 20.4. The number of nitrogens with one attached hydrogen (secondary N) is 2. The molecule has 0 aliphatic carbocycles. The summed E-state index contributed by atoms with van der Waals surface area (Å²) in [4.78, 5) is 12.2. The number of ether oxygens (including phenoxy) is 2. The summed E-state index contributed by atoms with van der Waals surface area (Å²) in [5.74, 6) is 0.334. The van der Waals surface area contributed by atoms with Gasteiger partial charge >= 0.3 is 0 Å². The van der Waals surface area contributed by atoms with Crippen LogP contribution in [0.5, 0.6) is 0 Å².